The number of hydrogen-bond acceptors (Lipinski definition) is 3. The summed E-state index contributed by atoms with van der Waals surface area (Å²) in [5, 5.41) is 9.51. The summed E-state index contributed by atoms with van der Waals surface area (Å²) in [4.78, 5) is 13.6. The normalized spacial score (nSPS) is 30.1. The topological polar surface area (TPSA) is 66.6 Å². The van der Waals surface area contributed by atoms with Crippen LogP contribution in [-0.4, -0.2) is 41.7 Å². The molecule has 0 aromatic rings. The number of nitrogens with two attached hydrogens (primary N) is 1. The summed E-state index contributed by atoms with van der Waals surface area (Å²) in [6, 6.07) is 0. The molecule has 1 aliphatic rings. The Kier molecular flexibility index (Phi) is 3.89. The Morgan fingerprint density at radius 1 is 1.71 bits per heavy atom. The number of amides is 1. The van der Waals surface area contributed by atoms with Gasteiger partial charge in [0, 0.05) is 25.6 Å². The lowest BCUT2D eigenvalue weighted by Crippen LogP contribution is -2.47. The Bertz CT molecular complexity index is 208. The van der Waals surface area contributed by atoms with Gasteiger partial charge in [-0.15, -0.1) is 0 Å². The third kappa shape index (κ3) is 2.45. The molecule has 1 heterocycles. The number of carbonyl (C=O) groups is 1. The van der Waals surface area contributed by atoms with Crippen molar-refractivity contribution in [3.05, 3.63) is 0 Å². The molecule has 1 fully saturated rings. The number of rotatable bonds is 2. The number of piperidine rings is 1. The second-order valence-corrected chi connectivity index (χ2v) is 4.25. The number of nitrogens with zero attached hydrogens (tertiary/aromatic N) is 1. The van der Waals surface area contributed by atoms with Crippen molar-refractivity contribution in [3.63, 3.8) is 0 Å². The van der Waals surface area contributed by atoms with Crippen molar-refractivity contribution >= 4 is 5.91 Å². The first kappa shape index (κ1) is 11.5. The first-order valence-corrected chi connectivity index (χ1v) is 5.23. The van der Waals surface area contributed by atoms with Crippen molar-refractivity contribution < 1.29 is 9.90 Å². The lowest BCUT2D eigenvalue weighted by atomic mass is 9.95. The molecule has 3 N–H and O–H groups in total. The molecule has 1 saturated heterocycles. The van der Waals surface area contributed by atoms with Gasteiger partial charge in [0.25, 0.3) is 0 Å². The lowest BCUT2D eigenvalue weighted by molar-refractivity contribution is -0.138. The summed E-state index contributed by atoms with van der Waals surface area (Å²) in [5.74, 6) is 0.196. The monoisotopic (exact) mass is 200 g/mol. The molecule has 3 unspecified atom stereocenters. The molecule has 0 saturated carbocycles. The molecule has 82 valence electrons. The number of carbonyl (C=O) groups excluding carboxylic acids is 1. The van der Waals surface area contributed by atoms with E-state index in [9.17, 15) is 9.90 Å². The molecule has 4 nitrogen and oxygen atoms in total. The van der Waals surface area contributed by atoms with Gasteiger partial charge in [0.05, 0.1) is 6.10 Å². The molecule has 0 radical (unpaired) electrons. The smallest absolute Gasteiger partial charge is 0.226 e. The molecule has 0 aliphatic carbocycles. The highest BCUT2D eigenvalue weighted by Gasteiger charge is 2.28. The van der Waals surface area contributed by atoms with Gasteiger partial charge in [-0.05, 0) is 12.3 Å². The Labute approximate surface area is 85.1 Å². The van der Waals surface area contributed by atoms with Crippen LogP contribution in [0, 0.1) is 11.8 Å². The predicted octanol–water partition coefficient (Wildman–Crippen LogP) is -0.189. The third-order valence-electron chi connectivity index (χ3n) is 2.95. The van der Waals surface area contributed by atoms with Crippen LogP contribution in [0.25, 0.3) is 0 Å². The molecular formula is C10H20N2O2. The van der Waals surface area contributed by atoms with Crippen LogP contribution in [-0.2, 0) is 4.79 Å². The van der Waals surface area contributed by atoms with Crippen LogP contribution in [0.1, 0.15) is 20.3 Å². The van der Waals surface area contributed by atoms with Gasteiger partial charge >= 0.3 is 0 Å². The highest BCUT2D eigenvalue weighted by atomic mass is 16.3. The van der Waals surface area contributed by atoms with Crippen molar-refractivity contribution in [3.8, 4) is 0 Å². The van der Waals surface area contributed by atoms with E-state index in [1.165, 1.54) is 0 Å². The summed E-state index contributed by atoms with van der Waals surface area (Å²) in [7, 11) is 0. The van der Waals surface area contributed by atoms with E-state index in [4.69, 9.17) is 5.73 Å². The van der Waals surface area contributed by atoms with Crippen LogP contribution in [0.5, 0.6) is 0 Å². The maximum atomic E-state index is 11.7. The molecule has 3 atom stereocenters. The second kappa shape index (κ2) is 4.75. The fourth-order valence-electron chi connectivity index (χ4n) is 1.75. The van der Waals surface area contributed by atoms with Crippen LogP contribution >= 0.6 is 0 Å². The molecule has 14 heavy (non-hydrogen) atoms. The molecule has 0 aromatic carbocycles. The Balaban J connectivity index is 2.50. The van der Waals surface area contributed by atoms with Gasteiger partial charge in [-0.25, -0.2) is 0 Å². The van der Waals surface area contributed by atoms with E-state index in [2.05, 4.69) is 0 Å². The maximum Gasteiger partial charge on any atom is 0.226 e. The zero-order valence-electron chi connectivity index (χ0n) is 8.94. The van der Waals surface area contributed by atoms with Crippen LogP contribution in [0.4, 0.5) is 0 Å². The largest absolute Gasteiger partial charge is 0.393 e. The minimum Gasteiger partial charge on any atom is -0.393 e. The van der Waals surface area contributed by atoms with Gasteiger partial charge in [0.1, 0.15) is 0 Å². The van der Waals surface area contributed by atoms with E-state index in [1.54, 1.807) is 0 Å². The Morgan fingerprint density at radius 2 is 2.36 bits per heavy atom. The van der Waals surface area contributed by atoms with Crippen LogP contribution in [0.15, 0.2) is 0 Å². The molecule has 1 aliphatic heterocycles. The highest BCUT2D eigenvalue weighted by molar-refractivity contribution is 5.78. The minimum absolute atomic E-state index is 0.0996. The van der Waals surface area contributed by atoms with Gasteiger partial charge < -0.3 is 15.7 Å². The number of aliphatic hydroxyl groups excluding tert-OH is 1. The van der Waals surface area contributed by atoms with Crippen molar-refractivity contribution in [1.29, 1.82) is 0 Å². The van der Waals surface area contributed by atoms with E-state index >= 15 is 0 Å². The third-order valence-corrected chi connectivity index (χ3v) is 2.95. The summed E-state index contributed by atoms with van der Waals surface area (Å²) in [6.45, 7) is 5.53. The summed E-state index contributed by atoms with van der Waals surface area (Å²) in [6.07, 6.45) is 0.428. The van der Waals surface area contributed by atoms with Crippen molar-refractivity contribution in [2.45, 2.75) is 26.4 Å². The number of likely N-dealkylation sites (tertiary alicyclic amines) is 1. The van der Waals surface area contributed by atoms with Crippen molar-refractivity contribution in [2.75, 3.05) is 19.6 Å². The SMILES string of the molecule is CC(CN)C(=O)N1CCC(O)C(C)C1. The van der Waals surface area contributed by atoms with Gasteiger partial charge in [-0.3, -0.25) is 4.79 Å². The fraction of sp³-hybridized carbons (Fsp3) is 0.900. The van der Waals surface area contributed by atoms with E-state index in [1.807, 2.05) is 18.7 Å². The molecule has 1 rings (SSSR count). The van der Waals surface area contributed by atoms with Gasteiger partial charge in [0.15, 0.2) is 0 Å². The van der Waals surface area contributed by atoms with Gasteiger partial charge in [-0.1, -0.05) is 13.8 Å². The van der Waals surface area contributed by atoms with Crippen LogP contribution in [0.2, 0.25) is 0 Å². The van der Waals surface area contributed by atoms with E-state index in [0.717, 1.165) is 0 Å². The Hall–Kier alpha value is -0.610. The lowest BCUT2D eigenvalue weighted by Gasteiger charge is -2.35. The molecule has 0 aromatic heterocycles. The van der Waals surface area contributed by atoms with Crippen LogP contribution in [0.3, 0.4) is 0 Å². The molecule has 1 amide bonds. The summed E-state index contributed by atoms with van der Waals surface area (Å²) in [5.41, 5.74) is 5.44. The van der Waals surface area contributed by atoms with Crippen molar-refractivity contribution in [1.82, 2.24) is 4.90 Å². The highest BCUT2D eigenvalue weighted by Crippen LogP contribution is 2.17. The average Bonchev–Trinajstić information content (AvgIpc) is 2.20. The standard InChI is InChI=1S/C10H20N2O2/c1-7(5-11)10(14)12-4-3-9(13)8(2)6-12/h7-9,13H,3-6,11H2,1-2H3. The minimum atomic E-state index is -0.257. The van der Waals surface area contributed by atoms with E-state index < -0.39 is 0 Å². The van der Waals surface area contributed by atoms with Gasteiger partial charge in [-0.2, -0.15) is 0 Å². The number of aliphatic hydroxyl groups is 1. The quantitative estimate of drug-likeness (QED) is 0.649. The Morgan fingerprint density at radius 3 is 2.86 bits per heavy atom. The molecule has 4 heteroatoms. The van der Waals surface area contributed by atoms with Gasteiger partial charge in [0.2, 0.25) is 5.91 Å². The molecule has 0 bridgehead atoms. The zero-order chi connectivity index (χ0) is 10.7. The maximum absolute atomic E-state index is 11.7. The molecular weight excluding hydrogens is 180 g/mol. The first-order valence-electron chi connectivity index (χ1n) is 5.23. The zero-order valence-corrected chi connectivity index (χ0v) is 8.94. The fourth-order valence-corrected chi connectivity index (χ4v) is 1.75. The molecule has 0 spiro atoms. The number of hydrogen-bond donors (Lipinski definition) is 2. The van der Waals surface area contributed by atoms with Crippen molar-refractivity contribution in [2.24, 2.45) is 17.6 Å². The summed E-state index contributed by atoms with van der Waals surface area (Å²) >= 11 is 0. The second-order valence-electron chi connectivity index (χ2n) is 4.25. The van der Waals surface area contributed by atoms with Crippen LogP contribution < -0.4 is 5.73 Å². The van der Waals surface area contributed by atoms with E-state index in [0.29, 0.717) is 26.1 Å². The average molecular weight is 200 g/mol. The van der Waals surface area contributed by atoms with E-state index in [-0.39, 0.29) is 23.8 Å². The first-order chi connectivity index (χ1) is 6.56. The predicted molar refractivity (Wildman–Crippen MR) is 54.6 cm³/mol. The summed E-state index contributed by atoms with van der Waals surface area (Å²) < 4.78 is 0.